The van der Waals surface area contributed by atoms with Gasteiger partial charge in [0, 0.05) is 17.2 Å². The summed E-state index contributed by atoms with van der Waals surface area (Å²) in [6, 6.07) is 1.82. The third-order valence-corrected chi connectivity index (χ3v) is 3.97. The number of rotatable bonds is 3. The van der Waals surface area contributed by atoms with E-state index in [1.165, 1.54) is 0 Å². The number of hydrogen-bond donors (Lipinski definition) is 0. The summed E-state index contributed by atoms with van der Waals surface area (Å²) in [5.41, 5.74) is 1.12. The number of aryl methyl sites for hydroxylation is 1. The molecular weight excluding hydrogens is 296 g/mol. The van der Waals surface area contributed by atoms with Crippen molar-refractivity contribution in [3.63, 3.8) is 0 Å². The molecule has 0 amide bonds. The molecule has 0 N–H and O–H groups in total. The molecule has 1 aliphatic heterocycles. The Balaban J connectivity index is 2.20. The number of halogens is 1. The highest BCUT2D eigenvalue weighted by Gasteiger charge is 2.32. The SMILES string of the molecule is CCOC(=O)C1CCCN1c1cc(C)c(Br)cn1. The van der Waals surface area contributed by atoms with Crippen molar-refractivity contribution < 1.29 is 9.53 Å². The van der Waals surface area contributed by atoms with E-state index in [9.17, 15) is 4.79 Å². The average molecular weight is 313 g/mol. The van der Waals surface area contributed by atoms with Gasteiger partial charge in [-0.05, 0) is 54.2 Å². The van der Waals surface area contributed by atoms with Crippen LogP contribution in [-0.2, 0) is 9.53 Å². The van der Waals surface area contributed by atoms with E-state index in [0.717, 1.165) is 35.2 Å². The highest BCUT2D eigenvalue weighted by molar-refractivity contribution is 9.10. The lowest BCUT2D eigenvalue weighted by Crippen LogP contribution is -2.37. The zero-order valence-electron chi connectivity index (χ0n) is 10.6. The van der Waals surface area contributed by atoms with Crippen molar-refractivity contribution in [2.75, 3.05) is 18.1 Å². The molecule has 1 atom stereocenters. The minimum absolute atomic E-state index is 0.141. The largest absolute Gasteiger partial charge is 0.464 e. The van der Waals surface area contributed by atoms with Crippen LogP contribution in [0, 0.1) is 6.92 Å². The van der Waals surface area contributed by atoms with Gasteiger partial charge < -0.3 is 9.64 Å². The molecular formula is C13H17BrN2O2. The van der Waals surface area contributed by atoms with Gasteiger partial charge in [-0.25, -0.2) is 9.78 Å². The van der Waals surface area contributed by atoms with E-state index in [1.807, 2.05) is 24.8 Å². The molecule has 4 nitrogen and oxygen atoms in total. The molecule has 0 saturated carbocycles. The van der Waals surface area contributed by atoms with Crippen molar-refractivity contribution in [3.05, 3.63) is 22.3 Å². The van der Waals surface area contributed by atoms with Crippen LogP contribution in [0.3, 0.4) is 0 Å². The molecule has 1 aromatic heterocycles. The minimum Gasteiger partial charge on any atom is -0.464 e. The normalized spacial score (nSPS) is 19.1. The van der Waals surface area contributed by atoms with Gasteiger partial charge >= 0.3 is 5.97 Å². The molecule has 0 spiro atoms. The van der Waals surface area contributed by atoms with Crippen molar-refractivity contribution >= 4 is 27.7 Å². The second-order valence-electron chi connectivity index (χ2n) is 4.40. The summed E-state index contributed by atoms with van der Waals surface area (Å²) in [7, 11) is 0. The third kappa shape index (κ3) is 2.66. The molecule has 0 aromatic carbocycles. The van der Waals surface area contributed by atoms with E-state index in [4.69, 9.17) is 4.74 Å². The first-order chi connectivity index (χ1) is 8.63. The molecule has 1 aliphatic rings. The van der Waals surface area contributed by atoms with Crippen molar-refractivity contribution in [2.24, 2.45) is 0 Å². The van der Waals surface area contributed by atoms with E-state index < -0.39 is 0 Å². The predicted molar refractivity (Wildman–Crippen MR) is 73.7 cm³/mol. The van der Waals surface area contributed by atoms with Crippen molar-refractivity contribution in [2.45, 2.75) is 32.7 Å². The number of nitrogens with zero attached hydrogens (tertiary/aromatic N) is 2. The van der Waals surface area contributed by atoms with E-state index in [-0.39, 0.29) is 12.0 Å². The number of esters is 1. The van der Waals surface area contributed by atoms with Crippen LogP contribution in [0.5, 0.6) is 0 Å². The quantitative estimate of drug-likeness (QED) is 0.805. The molecule has 1 unspecified atom stereocenters. The number of carbonyl (C=O) groups excluding carboxylic acids is 1. The van der Waals surface area contributed by atoms with Crippen LogP contribution < -0.4 is 4.90 Å². The summed E-state index contributed by atoms with van der Waals surface area (Å²) in [6.45, 7) is 5.14. The number of ether oxygens (including phenoxy) is 1. The van der Waals surface area contributed by atoms with Gasteiger partial charge in [-0.15, -0.1) is 0 Å². The maximum atomic E-state index is 11.9. The van der Waals surface area contributed by atoms with Crippen LogP contribution in [0.4, 0.5) is 5.82 Å². The monoisotopic (exact) mass is 312 g/mol. The molecule has 18 heavy (non-hydrogen) atoms. The van der Waals surface area contributed by atoms with E-state index >= 15 is 0 Å². The van der Waals surface area contributed by atoms with Gasteiger partial charge in [0.2, 0.25) is 0 Å². The molecule has 2 heterocycles. The smallest absolute Gasteiger partial charge is 0.328 e. The summed E-state index contributed by atoms with van der Waals surface area (Å²) in [5.74, 6) is 0.712. The maximum absolute atomic E-state index is 11.9. The Hall–Kier alpha value is -1.10. The molecule has 1 aromatic rings. The standard InChI is InChI=1S/C13H17BrN2O2/c1-3-18-13(17)11-5-4-6-16(11)12-7-9(2)10(14)8-15-12/h7-8,11H,3-6H2,1-2H3. The zero-order chi connectivity index (χ0) is 13.1. The highest BCUT2D eigenvalue weighted by Crippen LogP contribution is 2.27. The Morgan fingerprint density at radius 3 is 3.11 bits per heavy atom. The van der Waals surface area contributed by atoms with Crippen molar-refractivity contribution in [1.82, 2.24) is 4.98 Å². The Morgan fingerprint density at radius 2 is 2.44 bits per heavy atom. The first kappa shape index (κ1) is 13.3. The highest BCUT2D eigenvalue weighted by atomic mass is 79.9. The summed E-state index contributed by atoms with van der Waals surface area (Å²) in [4.78, 5) is 18.3. The van der Waals surface area contributed by atoms with Crippen LogP contribution in [0.15, 0.2) is 16.7 Å². The number of carbonyl (C=O) groups is 1. The van der Waals surface area contributed by atoms with Gasteiger partial charge in [-0.1, -0.05) is 0 Å². The summed E-state index contributed by atoms with van der Waals surface area (Å²) < 4.78 is 6.10. The van der Waals surface area contributed by atoms with Crippen LogP contribution in [0.25, 0.3) is 0 Å². The third-order valence-electron chi connectivity index (χ3n) is 3.14. The second-order valence-corrected chi connectivity index (χ2v) is 5.25. The van der Waals surface area contributed by atoms with E-state index in [2.05, 4.69) is 20.9 Å². The summed E-state index contributed by atoms with van der Waals surface area (Å²) in [5, 5.41) is 0. The Kier molecular flexibility index (Phi) is 4.22. The minimum atomic E-state index is -0.182. The van der Waals surface area contributed by atoms with Crippen LogP contribution in [0.1, 0.15) is 25.3 Å². The van der Waals surface area contributed by atoms with Gasteiger partial charge in [-0.3, -0.25) is 0 Å². The molecule has 0 bridgehead atoms. The topological polar surface area (TPSA) is 42.4 Å². The summed E-state index contributed by atoms with van der Waals surface area (Å²) in [6.07, 6.45) is 3.63. The lowest BCUT2D eigenvalue weighted by Gasteiger charge is -2.24. The fourth-order valence-electron chi connectivity index (χ4n) is 2.21. The average Bonchev–Trinajstić information content (AvgIpc) is 2.82. The van der Waals surface area contributed by atoms with E-state index in [0.29, 0.717) is 6.61 Å². The lowest BCUT2D eigenvalue weighted by molar-refractivity contribution is -0.144. The Bertz CT molecular complexity index is 451. The fraction of sp³-hybridized carbons (Fsp3) is 0.538. The second kappa shape index (κ2) is 5.69. The van der Waals surface area contributed by atoms with Crippen molar-refractivity contribution in [1.29, 1.82) is 0 Å². The number of pyridine rings is 1. The first-order valence-electron chi connectivity index (χ1n) is 6.19. The van der Waals surface area contributed by atoms with Crippen LogP contribution in [0.2, 0.25) is 0 Å². The molecule has 5 heteroatoms. The van der Waals surface area contributed by atoms with Crippen LogP contribution >= 0.6 is 15.9 Å². The number of hydrogen-bond acceptors (Lipinski definition) is 4. The lowest BCUT2D eigenvalue weighted by atomic mass is 10.2. The summed E-state index contributed by atoms with van der Waals surface area (Å²) >= 11 is 3.43. The van der Waals surface area contributed by atoms with Gasteiger partial charge in [0.05, 0.1) is 6.61 Å². The molecule has 0 aliphatic carbocycles. The molecule has 0 radical (unpaired) electrons. The fourth-order valence-corrected chi connectivity index (χ4v) is 2.42. The molecule has 1 saturated heterocycles. The van der Waals surface area contributed by atoms with E-state index in [1.54, 1.807) is 6.20 Å². The molecule has 2 rings (SSSR count). The predicted octanol–water partition coefficient (Wildman–Crippen LogP) is 2.68. The van der Waals surface area contributed by atoms with Crippen LogP contribution in [-0.4, -0.2) is 30.1 Å². The Morgan fingerprint density at radius 1 is 1.67 bits per heavy atom. The van der Waals surface area contributed by atoms with Gasteiger partial charge in [0.15, 0.2) is 0 Å². The number of aromatic nitrogens is 1. The first-order valence-corrected chi connectivity index (χ1v) is 6.98. The van der Waals surface area contributed by atoms with Gasteiger partial charge in [0.1, 0.15) is 11.9 Å². The molecule has 98 valence electrons. The van der Waals surface area contributed by atoms with Gasteiger partial charge in [0.25, 0.3) is 0 Å². The van der Waals surface area contributed by atoms with Gasteiger partial charge in [-0.2, -0.15) is 0 Å². The number of anilines is 1. The zero-order valence-corrected chi connectivity index (χ0v) is 12.2. The van der Waals surface area contributed by atoms with Crippen molar-refractivity contribution in [3.8, 4) is 0 Å². The molecule has 1 fully saturated rings. The maximum Gasteiger partial charge on any atom is 0.328 e. The Labute approximate surface area is 115 Å².